The second-order valence-electron chi connectivity index (χ2n) is 16.0. The normalized spacial score (nSPS) is 11.8. The summed E-state index contributed by atoms with van der Waals surface area (Å²) in [4.78, 5) is 78.1. The van der Waals surface area contributed by atoms with Gasteiger partial charge in [-0.3, -0.25) is 47.8 Å². The molecule has 4 aromatic rings. The van der Waals surface area contributed by atoms with Gasteiger partial charge < -0.3 is 35.5 Å². The highest BCUT2D eigenvalue weighted by Gasteiger charge is 2.23. The number of carboxylic acids is 1. The first-order valence-corrected chi connectivity index (χ1v) is 24.5. The zero-order valence-corrected chi connectivity index (χ0v) is 40.3. The van der Waals surface area contributed by atoms with Gasteiger partial charge >= 0.3 is 5.97 Å². The molecular formula is C47H48N8O13S3. The molecule has 1 heterocycles. The number of sulfonamides is 1. The number of benzene rings is 5. The third kappa shape index (κ3) is 15.8. The van der Waals surface area contributed by atoms with E-state index in [4.69, 9.17) is 31.1 Å². The second-order valence-corrected chi connectivity index (χ2v) is 18.7. The van der Waals surface area contributed by atoms with Crippen LogP contribution < -0.4 is 41.3 Å². The van der Waals surface area contributed by atoms with E-state index in [1.54, 1.807) is 24.3 Å². The number of hydrogen-bond donors (Lipinski definition) is 8. The van der Waals surface area contributed by atoms with Crippen molar-refractivity contribution in [2.24, 2.45) is 5.14 Å². The third-order valence-corrected chi connectivity index (χ3v) is 12.1. The molecule has 4 aromatic carbocycles. The summed E-state index contributed by atoms with van der Waals surface area (Å²) in [7, 11) is -3.97. The van der Waals surface area contributed by atoms with Gasteiger partial charge in [-0.2, -0.15) is 0 Å². The number of carboxylic acid groups (broad SMARTS) is 1. The fraction of sp³-hybridized carbons (Fsp3) is 0.213. The fourth-order valence-electron chi connectivity index (χ4n) is 7.39. The Morgan fingerprint density at radius 2 is 1.44 bits per heavy atom. The molecule has 0 spiro atoms. The first kappa shape index (κ1) is 52.9. The highest BCUT2D eigenvalue weighted by molar-refractivity contribution is 7.89. The molecule has 0 aromatic heterocycles. The number of fused-ring (bicyclic) bond motifs is 2. The number of rotatable bonds is 24. The number of hydrogen-bond acceptors (Lipinski definition) is 14. The van der Waals surface area contributed by atoms with Crippen molar-refractivity contribution in [1.82, 2.24) is 20.4 Å². The molecule has 0 bridgehead atoms. The van der Waals surface area contributed by atoms with E-state index in [9.17, 15) is 46.5 Å². The number of Topliss-reactive ketones (excluding diaryl/α,β-unsaturated/α-hetero) is 1. The number of aliphatic carboxylic acids is 1. The molecule has 0 saturated carbocycles. The molecular weight excluding hydrogens is 981 g/mol. The summed E-state index contributed by atoms with van der Waals surface area (Å²) in [5.74, 6) is -2.11. The molecule has 6 rings (SSSR count). The van der Waals surface area contributed by atoms with Gasteiger partial charge in [0, 0.05) is 83.9 Å². The number of ether oxygens (including phenoxy) is 1. The summed E-state index contributed by atoms with van der Waals surface area (Å²) in [6, 6.07) is 26.5. The Labute approximate surface area is 414 Å². The summed E-state index contributed by atoms with van der Waals surface area (Å²) in [6.07, 6.45) is -0.133. The number of carbonyl (C=O) groups excluding carboxylic acids is 4. The van der Waals surface area contributed by atoms with E-state index < -0.39 is 45.6 Å². The standard InChI is InChI=1S/C47H48N8O13S3/c1-29-2-13-38-41(20-29)68-42-23-34(57)10-15-39(42)46(38)37-14-9-33(22-40(37)67-28-56)52-47(69)50-17-16-49-43(59)25-54(24-35(58)21-30-3-11-36(12-4-30)71(48,65)66)18-19-55(27-45(61)62)26-44(60)51-31-5-7-32(8-6-31)53-70(63)64/h2-15,20,22-23,28,53H,16-19,21,24-27H2,1H3,(H,49,59)(H,51,60)(H,61,62)(H,63,64)(H2,48,65,66)(H2,50,52,69). The lowest BCUT2D eigenvalue weighted by molar-refractivity contribution is -0.139. The van der Waals surface area contributed by atoms with Crippen LogP contribution in [0.1, 0.15) is 11.1 Å². The molecule has 71 heavy (non-hydrogen) atoms. The molecule has 24 heteroatoms. The molecule has 21 nitrogen and oxygen atoms in total. The Balaban J connectivity index is 1.07. The van der Waals surface area contributed by atoms with E-state index in [1.807, 2.05) is 25.1 Å². The van der Waals surface area contributed by atoms with E-state index in [0.29, 0.717) is 57.1 Å². The maximum absolute atomic E-state index is 13.3. The molecule has 0 saturated heterocycles. The predicted octanol–water partition coefficient (Wildman–Crippen LogP) is 3.15. The van der Waals surface area contributed by atoms with E-state index in [0.717, 1.165) is 10.9 Å². The predicted molar refractivity (Wildman–Crippen MR) is 270 cm³/mol. The lowest BCUT2D eigenvalue weighted by Gasteiger charge is -2.26. The number of primary sulfonamides is 1. The SMILES string of the molecule is Cc1ccc2c(-c3ccc(NC(=S)NCCNC(=O)CN(CCN(CC(=O)O)CC(=O)Nc4ccc(NS(=O)O)cc4)CC(=O)Cc4ccc(S(N)(=O)=O)cc4)cc3OC=O)c3ccc(=O)cc-3oc2c1. The van der Waals surface area contributed by atoms with Crippen molar-refractivity contribution >= 4 is 96.7 Å². The average molecular weight is 1030 g/mol. The minimum absolute atomic E-state index is 0.0314. The van der Waals surface area contributed by atoms with E-state index in [1.165, 1.54) is 70.5 Å². The van der Waals surface area contributed by atoms with Crippen LogP contribution in [0.5, 0.6) is 5.75 Å². The van der Waals surface area contributed by atoms with Gasteiger partial charge in [-0.1, -0.05) is 24.3 Å². The van der Waals surface area contributed by atoms with Crippen LogP contribution in [0.25, 0.3) is 33.4 Å². The van der Waals surface area contributed by atoms with Gasteiger partial charge in [0.25, 0.3) is 17.7 Å². The van der Waals surface area contributed by atoms with Crippen LogP contribution >= 0.6 is 12.2 Å². The number of aryl methyl sites for hydroxylation is 1. The molecule has 2 amide bonds. The van der Waals surface area contributed by atoms with Gasteiger partial charge in [0.05, 0.1) is 31.1 Å². The number of nitrogens with zero attached hydrogens (tertiary/aromatic N) is 2. The summed E-state index contributed by atoms with van der Waals surface area (Å²) in [5, 5.41) is 27.1. The van der Waals surface area contributed by atoms with Crippen molar-refractivity contribution in [3.63, 3.8) is 0 Å². The molecule has 1 aliphatic heterocycles. The van der Waals surface area contributed by atoms with Gasteiger partial charge in [-0.05, 0) is 97.0 Å². The lowest BCUT2D eigenvalue weighted by Crippen LogP contribution is -2.46. The molecule has 9 N–H and O–H groups in total. The highest BCUT2D eigenvalue weighted by Crippen LogP contribution is 2.44. The van der Waals surface area contributed by atoms with Crippen LogP contribution in [0.3, 0.4) is 0 Å². The molecule has 0 radical (unpaired) electrons. The molecule has 1 aliphatic carbocycles. The molecule has 2 aliphatic rings. The van der Waals surface area contributed by atoms with Crippen molar-refractivity contribution in [2.45, 2.75) is 18.2 Å². The lowest BCUT2D eigenvalue weighted by atomic mass is 9.92. The van der Waals surface area contributed by atoms with E-state index >= 15 is 0 Å². The zero-order valence-electron chi connectivity index (χ0n) is 37.8. The average Bonchev–Trinajstić information content (AvgIpc) is 3.29. The van der Waals surface area contributed by atoms with Gasteiger partial charge in [-0.15, -0.1) is 0 Å². The van der Waals surface area contributed by atoms with Crippen LogP contribution in [0.4, 0.5) is 17.1 Å². The Morgan fingerprint density at radius 3 is 2.11 bits per heavy atom. The number of thiocarbonyl (C=S) groups is 1. The largest absolute Gasteiger partial charge is 0.480 e. The van der Waals surface area contributed by atoms with Gasteiger partial charge in [0.2, 0.25) is 21.8 Å². The Bertz CT molecular complexity index is 3120. The maximum atomic E-state index is 13.3. The molecule has 0 fully saturated rings. The first-order chi connectivity index (χ1) is 33.8. The van der Waals surface area contributed by atoms with Crippen LogP contribution in [0.2, 0.25) is 0 Å². The third-order valence-electron chi connectivity index (χ3n) is 10.5. The Hall–Kier alpha value is -7.45. The van der Waals surface area contributed by atoms with Crippen molar-refractivity contribution in [3.8, 4) is 28.2 Å². The van der Waals surface area contributed by atoms with Crippen molar-refractivity contribution < 1.29 is 55.4 Å². The Morgan fingerprint density at radius 1 is 0.789 bits per heavy atom. The number of amides is 2. The van der Waals surface area contributed by atoms with Crippen molar-refractivity contribution in [1.29, 1.82) is 0 Å². The van der Waals surface area contributed by atoms with Crippen LogP contribution in [0.15, 0.2) is 117 Å². The van der Waals surface area contributed by atoms with E-state index in [2.05, 4.69) is 26.0 Å². The summed E-state index contributed by atoms with van der Waals surface area (Å²) in [5.41, 5.74) is 4.68. The van der Waals surface area contributed by atoms with Gasteiger partial charge in [0.1, 0.15) is 17.1 Å². The number of carbonyl (C=O) groups is 5. The minimum Gasteiger partial charge on any atom is -0.480 e. The van der Waals surface area contributed by atoms with Gasteiger partial charge in [0.15, 0.2) is 16.3 Å². The Kier molecular flexibility index (Phi) is 18.2. The summed E-state index contributed by atoms with van der Waals surface area (Å²) in [6.45, 7) is 0.816. The zero-order chi connectivity index (χ0) is 51.2. The van der Waals surface area contributed by atoms with Crippen LogP contribution in [0, 0.1) is 6.92 Å². The minimum atomic E-state index is -3.97. The van der Waals surface area contributed by atoms with Crippen LogP contribution in [-0.4, -0.2) is 120 Å². The monoisotopic (exact) mass is 1030 g/mol. The smallest absolute Gasteiger partial charge is 0.317 e. The van der Waals surface area contributed by atoms with Gasteiger partial charge in [-0.25, -0.2) is 17.8 Å². The first-order valence-electron chi connectivity index (χ1n) is 21.4. The fourth-order valence-corrected chi connectivity index (χ4v) is 8.47. The van der Waals surface area contributed by atoms with Crippen LogP contribution in [-0.2, 0) is 51.7 Å². The number of nitrogens with one attached hydrogen (secondary N) is 5. The molecule has 1 atom stereocenters. The topological polar surface area (TPSA) is 309 Å². The second kappa shape index (κ2) is 24.4. The number of ketones is 1. The van der Waals surface area contributed by atoms with E-state index in [-0.39, 0.29) is 79.2 Å². The van der Waals surface area contributed by atoms with Crippen molar-refractivity contribution in [3.05, 3.63) is 124 Å². The number of anilines is 3. The quantitative estimate of drug-likeness (QED) is 0.0142. The maximum Gasteiger partial charge on any atom is 0.317 e. The van der Waals surface area contributed by atoms with Crippen molar-refractivity contribution in [2.75, 3.05) is 67.7 Å². The molecule has 372 valence electrons. The number of nitrogens with two attached hydrogens (primary N) is 1. The highest BCUT2D eigenvalue weighted by atomic mass is 32.2. The summed E-state index contributed by atoms with van der Waals surface area (Å²) >= 11 is 3.20. The summed E-state index contributed by atoms with van der Waals surface area (Å²) < 4.78 is 57.3. The molecule has 1 unspecified atom stereocenters.